The number of aryl methyl sites for hydroxylation is 1. The Bertz CT molecular complexity index is 1010. The minimum absolute atomic E-state index is 0.238. The van der Waals surface area contributed by atoms with Crippen molar-refractivity contribution >= 4 is 75.4 Å². The third-order valence-electron chi connectivity index (χ3n) is 3.61. The minimum atomic E-state index is -0.627. The summed E-state index contributed by atoms with van der Waals surface area (Å²) in [4.78, 5) is 12.3. The van der Waals surface area contributed by atoms with Gasteiger partial charge < -0.3 is 9.84 Å². The van der Waals surface area contributed by atoms with Crippen molar-refractivity contribution in [2.75, 3.05) is 10.7 Å². The molecule has 0 atom stereocenters. The average molecular weight is 481 g/mol. The molecule has 6 nitrogen and oxygen atoms in total. The summed E-state index contributed by atoms with van der Waals surface area (Å²) >= 11 is 30.4. The Labute approximate surface area is 185 Å². The number of amides is 2. The summed E-state index contributed by atoms with van der Waals surface area (Å²) in [6, 6.07) is 7.35. The van der Waals surface area contributed by atoms with Crippen molar-refractivity contribution < 1.29 is 9.32 Å². The van der Waals surface area contributed by atoms with Gasteiger partial charge in [0.1, 0.15) is 11.4 Å². The number of aromatic nitrogens is 1. The van der Waals surface area contributed by atoms with Gasteiger partial charge in [0.25, 0.3) is 0 Å². The molecule has 0 bridgehead atoms. The number of carbonyl (C=O) groups excluding carboxylic acids is 1. The van der Waals surface area contributed by atoms with Crippen LogP contribution >= 0.6 is 58.0 Å². The number of nitrogens with zero attached hydrogens (tertiary/aromatic N) is 1. The van der Waals surface area contributed by atoms with Gasteiger partial charge in [-0.05, 0) is 31.2 Å². The molecule has 0 saturated carbocycles. The zero-order chi connectivity index (χ0) is 20.4. The number of hydrogen-bond donors (Lipinski definition) is 3. The number of rotatable bonds is 4. The van der Waals surface area contributed by atoms with E-state index in [1.54, 1.807) is 25.1 Å². The Morgan fingerprint density at radius 2 is 1.57 bits per heavy atom. The highest BCUT2D eigenvalue weighted by molar-refractivity contribution is 6.42. The SMILES string of the molecule is Cc1onc(-c2c(Cl)cccc2Cl)c1NC(=O)NNc1c(Cl)cc(Cl)cc1Cl. The Morgan fingerprint density at radius 3 is 2.18 bits per heavy atom. The van der Waals surface area contributed by atoms with E-state index in [4.69, 9.17) is 62.5 Å². The maximum absolute atomic E-state index is 12.3. The molecule has 1 heterocycles. The van der Waals surface area contributed by atoms with E-state index in [-0.39, 0.29) is 10.0 Å². The molecule has 0 radical (unpaired) electrons. The fraction of sp³-hybridized carbons (Fsp3) is 0.0588. The molecule has 0 aliphatic rings. The molecule has 0 unspecified atom stereocenters. The van der Waals surface area contributed by atoms with Gasteiger partial charge in [-0.1, -0.05) is 69.2 Å². The van der Waals surface area contributed by atoms with Crippen LogP contribution in [0.1, 0.15) is 5.76 Å². The number of carbonyl (C=O) groups is 1. The van der Waals surface area contributed by atoms with E-state index < -0.39 is 6.03 Å². The first kappa shape index (κ1) is 20.9. The summed E-state index contributed by atoms with van der Waals surface area (Å²) in [6.45, 7) is 1.64. The van der Waals surface area contributed by atoms with Gasteiger partial charge >= 0.3 is 6.03 Å². The van der Waals surface area contributed by atoms with Crippen molar-refractivity contribution in [1.82, 2.24) is 10.6 Å². The van der Waals surface area contributed by atoms with Crippen molar-refractivity contribution in [1.29, 1.82) is 0 Å². The molecule has 2 amide bonds. The molecule has 0 aliphatic heterocycles. The molecule has 3 rings (SSSR count). The number of halogens is 5. The van der Waals surface area contributed by atoms with Crippen molar-refractivity contribution in [2.45, 2.75) is 6.92 Å². The van der Waals surface area contributed by atoms with Crippen LogP contribution in [0, 0.1) is 6.92 Å². The fourth-order valence-electron chi connectivity index (χ4n) is 2.34. The topological polar surface area (TPSA) is 79.2 Å². The predicted molar refractivity (Wildman–Crippen MR) is 114 cm³/mol. The van der Waals surface area contributed by atoms with Crippen LogP contribution < -0.4 is 16.2 Å². The summed E-state index contributed by atoms with van der Waals surface area (Å²) in [5.74, 6) is 0.365. The van der Waals surface area contributed by atoms with Gasteiger partial charge in [0.2, 0.25) is 0 Å². The molecular formula is C17H11Cl5N4O2. The summed E-state index contributed by atoms with van der Waals surface area (Å²) in [5.41, 5.74) is 6.40. The monoisotopic (exact) mass is 478 g/mol. The molecule has 3 aromatic rings. The highest BCUT2D eigenvalue weighted by Crippen LogP contribution is 2.39. The van der Waals surface area contributed by atoms with E-state index in [0.717, 1.165) is 0 Å². The lowest BCUT2D eigenvalue weighted by molar-refractivity contribution is 0.254. The number of hydrazine groups is 1. The van der Waals surface area contributed by atoms with Crippen molar-refractivity contribution in [2.24, 2.45) is 0 Å². The van der Waals surface area contributed by atoms with Gasteiger partial charge in [0, 0.05) is 10.6 Å². The van der Waals surface area contributed by atoms with E-state index in [1.165, 1.54) is 12.1 Å². The number of anilines is 2. The van der Waals surface area contributed by atoms with E-state index in [0.29, 0.717) is 43.5 Å². The lowest BCUT2D eigenvalue weighted by Gasteiger charge is -2.13. The summed E-state index contributed by atoms with van der Waals surface area (Å²) < 4.78 is 5.19. The van der Waals surface area contributed by atoms with Crippen LogP contribution in [0.3, 0.4) is 0 Å². The third kappa shape index (κ3) is 4.42. The molecule has 3 N–H and O–H groups in total. The Hall–Kier alpha value is -1.83. The lowest BCUT2D eigenvalue weighted by atomic mass is 10.1. The molecule has 146 valence electrons. The number of urea groups is 1. The van der Waals surface area contributed by atoms with Gasteiger partial charge in [-0.15, -0.1) is 0 Å². The van der Waals surface area contributed by atoms with Gasteiger partial charge in [-0.2, -0.15) is 0 Å². The quantitative estimate of drug-likeness (QED) is 0.349. The lowest BCUT2D eigenvalue weighted by Crippen LogP contribution is -2.34. The Kier molecular flexibility index (Phi) is 6.47. The molecule has 0 fully saturated rings. The van der Waals surface area contributed by atoms with E-state index >= 15 is 0 Å². The molecule has 1 aromatic heterocycles. The Morgan fingerprint density at radius 1 is 0.964 bits per heavy atom. The van der Waals surface area contributed by atoms with Crippen LogP contribution in [0.4, 0.5) is 16.2 Å². The number of benzene rings is 2. The highest BCUT2D eigenvalue weighted by Gasteiger charge is 2.21. The van der Waals surface area contributed by atoms with Crippen LogP contribution in [0.5, 0.6) is 0 Å². The van der Waals surface area contributed by atoms with Gasteiger partial charge in [-0.3, -0.25) is 10.9 Å². The number of nitrogens with one attached hydrogen (secondary N) is 3. The fourth-order valence-corrected chi connectivity index (χ4v) is 3.83. The molecule has 28 heavy (non-hydrogen) atoms. The maximum atomic E-state index is 12.3. The second-order valence-corrected chi connectivity index (χ2v) is 7.57. The molecule has 11 heteroatoms. The van der Waals surface area contributed by atoms with Crippen LogP contribution in [0.25, 0.3) is 11.3 Å². The smallest absolute Gasteiger partial charge is 0.338 e. The zero-order valence-corrected chi connectivity index (χ0v) is 17.8. The molecular weight excluding hydrogens is 469 g/mol. The average Bonchev–Trinajstić information content (AvgIpc) is 2.94. The van der Waals surface area contributed by atoms with Crippen molar-refractivity contribution in [3.8, 4) is 11.3 Å². The summed E-state index contributed by atoms with van der Waals surface area (Å²) in [7, 11) is 0. The largest absolute Gasteiger partial charge is 0.359 e. The van der Waals surface area contributed by atoms with Crippen LogP contribution in [-0.4, -0.2) is 11.2 Å². The van der Waals surface area contributed by atoms with Gasteiger partial charge in [-0.25, -0.2) is 4.79 Å². The molecule has 2 aromatic carbocycles. The second-order valence-electron chi connectivity index (χ2n) is 5.51. The van der Waals surface area contributed by atoms with E-state index in [9.17, 15) is 4.79 Å². The van der Waals surface area contributed by atoms with Crippen LogP contribution in [0.2, 0.25) is 25.1 Å². The minimum Gasteiger partial charge on any atom is -0.359 e. The van der Waals surface area contributed by atoms with Gasteiger partial charge in [0.05, 0.1) is 25.8 Å². The third-order valence-corrected chi connectivity index (χ3v) is 5.05. The first-order chi connectivity index (χ1) is 13.3. The second kappa shape index (κ2) is 8.68. The van der Waals surface area contributed by atoms with E-state index in [2.05, 4.69) is 21.3 Å². The Balaban J connectivity index is 1.80. The zero-order valence-electron chi connectivity index (χ0n) is 14.0. The highest BCUT2D eigenvalue weighted by atomic mass is 35.5. The standard InChI is InChI=1S/C17H11Cl5N4O2/c1-7-14(16(26-28-7)13-9(19)3-2-4-10(13)20)23-17(27)25-24-15-11(21)5-8(18)6-12(15)22/h2-6,24H,1H3,(H2,23,25,27). The van der Waals surface area contributed by atoms with Crippen molar-refractivity contribution in [3.05, 3.63) is 61.2 Å². The van der Waals surface area contributed by atoms with E-state index in [1.807, 2.05) is 0 Å². The summed E-state index contributed by atoms with van der Waals surface area (Å²) in [5, 5.41) is 8.16. The van der Waals surface area contributed by atoms with Crippen molar-refractivity contribution in [3.63, 3.8) is 0 Å². The molecule has 0 spiro atoms. The summed E-state index contributed by atoms with van der Waals surface area (Å²) in [6.07, 6.45) is 0. The molecule has 0 saturated heterocycles. The van der Waals surface area contributed by atoms with Crippen LogP contribution in [-0.2, 0) is 0 Å². The normalized spacial score (nSPS) is 10.6. The predicted octanol–water partition coefficient (Wildman–Crippen LogP) is 7.07. The van der Waals surface area contributed by atoms with Crippen LogP contribution in [0.15, 0.2) is 34.9 Å². The maximum Gasteiger partial charge on any atom is 0.338 e. The first-order valence-corrected chi connectivity index (χ1v) is 9.55. The van der Waals surface area contributed by atoms with Gasteiger partial charge in [0.15, 0.2) is 5.76 Å². The molecule has 0 aliphatic carbocycles. The number of hydrogen-bond acceptors (Lipinski definition) is 4. The first-order valence-electron chi connectivity index (χ1n) is 7.66.